The molecule has 2 aliphatic heterocycles. The van der Waals surface area contributed by atoms with E-state index < -0.39 is 0 Å². The van der Waals surface area contributed by atoms with Gasteiger partial charge in [0.2, 0.25) is 0 Å². The molecule has 0 unspecified atom stereocenters. The third-order valence-electron chi connectivity index (χ3n) is 7.20. The molecule has 1 fully saturated rings. The first-order valence-electron chi connectivity index (χ1n) is 13.1. The van der Waals surface area contributed by atoms with Crippen molar-refractivity contribution in [2.75, 3.05) is 26.2 Å². The van der Waals surface area contributed by atoms with Gasteiger partial charge in [-0.25, -0.2) is 0 Å². The van der Waals surface area contributed by atoms with Crippen LogP contribution in [-0.4, -0.2) is 53.8 Å². The topological polar surface area (TPSA) is 59.1 Å². The minimum Gasteiger partial charge on any atom is -0.491 e. The number of benzene rings is 3. The van der Waals surface area contributed by atoms with E-state index in [1.807, 2.05) is 17.0 Å². The zero-order chi connectivity index (χ0) is 25.6. The smallest absolute Gasteiger partial charge is 0.254 e. The SMILES string of the molecule is CC(=O)c1ccc(C(=O)N2CCOc3ccc(CN4CCC(OCc5ccccc5)CC4)cc3C2)cc1. The third-order valence-corrected chi connectivity index (χ3v) is 7.20. The van der Waals surface area contributed by atoms with Crippen molar-refractivity contribution in [3.05, 3.63) is 101 Å². The van der Waals surface area contributed by atoms with Gasteiger partial charge in [0.25, 0.3) is 5.91 Å². The standard InChI is InChI=1S/C31H34N2O4/c1-23(34)26-8-10-27(11-9-26)31(35)33-17-18-36-30-12-7-25(19-28(30)21-33)20-32-15-13-29(14-16-32)37-22-24-5-3-2-4-6-24/h2-12,19,29H,13-18,20-22H2,1H3. The molecule has 0 spiro atoms. The molecule has 5 rings (SSSR count). The minimum absolute atomic E-state index is 0.00688. The fraction of sp³-hybridized carbons (Fsp3) is 0.355. The third kappa shape index (κ3) is 6.45. The normalized spacial score (nSPS) is 16.5. The molecule has 6 heteroatoms. The molecule has 0 bridgehead atoms. The fourth-order valence-corrected chi connectivity index (χ4v) is 5.03. The maximum Gasteiger partial charge on any atom is 0.254 e. The number of fused-ring (bicyclic) bond motifs is 1. The number of amides is 1. The molecular weight excluding hydrogens is 464 g/mol. The van der Waals surface area contributed by atoms with E-state index in [-0.39, 0.29) is 11.7 Å². The molecule has 2 aliphatic rings. The largest absolute Gasteiger partial charge is 0.491 e. The van der Waals surface area contributed by atoms with Crippen molar-refractivity contribution < 1.29 is 19.1 Å². The second-order valence-corrected chi connectivity index (χ2v) is 9.92. The highest BCUT2D eigenvalue weighted by Crippen LogP contribution is 2.27. The Morgan fingerprint density at radius 3 is 2.35 bits per heavy atom. The number of likely N-dealkylation sites (tertiary alicyclic amines) is 1. The molecule has 0 saturated carbocycles. The van der Waals surface area contributed by atoms with Gasteiger partial charge in [-0.1, -0.05) is 48.5 Å². The lowest BCUT2D eigenvalue weighted by atomic mass is 10.0. The second-order valence-electron chi connectivity index (χ2n) is 9.92. The summed E-state index contributed by atoms with van der Waals surface area (Å²) < 4.78 is 12.1. The molecule has 0 radical (unpaired) electrons. The average Bonchev–Trinajstić information content (AvgIpc) is 3.15. The van der Waals surface area contributed by atoms with E-state index in [1.54, 1.807) is 24.3 Å². The van der Waals surface area contributed by atoms with Crippen molar-refractivity contribution in [3.63, 3.8) is 0 Å². The van der Waals surface area contributed by atoms with Gasteiger partial charge in [0.05, 0.1) is 19.3 Å². The molecule has 192 valence electrons. The Labute approximate surface area is 218 Å². The number of ether oxygens (including phenoxy) is 2. The first kappa shape index (κ1) is 25.2. The van der Waals surface area contributed by atoms with Gasteiger partial charge < -0.3 is 14.4 Å². The lowest BCUT2D eigenvalue weighted by molar-refractivity contribution is -0.00394. The van der Waals surface area contributed by atoms with Crippen LogP contribution in [-0.2, 0) is 24.4 Å². The number of Topliss-reactive ketones (excluding diaryl/α,β-unsaturated/α-hetero) is 1. The molecule has 3 aromatic rings. The van der Waals surface area contributed by atoms with E-state index in [0.717, 1.165) is 43.8 Å². The van der Waals surface area contributed by atoms with Crippen LogP contribution in [0.2, 0.25) is 0 Å². The molecule has 0 N–H and O–H groups in total. The van der Waals surface area contributed by atoms with Gasteiger partial charge in [-0.3, -0.25) is 14.5 Å². The molecular formula is C31H34N2O4. The highest BCUT2D eigenvalue weighted by molar-refractivity contribution is 5.97. The Bertz CT molecular complexity index is 1220. The van der Waals surface area contributed by atoms with E-state index in [2.05, 4.69) is 41.3 Å². The number of piperidine rings is 1. The number of carbonyl (C=O) groups excluding carboxylic acids is 2. The van der Waals surface area contributed by atoms with Gasteiger partial charge in [0.1, 0.15) is 12.4 Å². The van der Waals surface area contributed by atoms with Crippen LogP contribution in [0.4, 0.5) is 0 Å². The van der Waals surface area contributed by atoms with Crippen LogP contribution >= 0.6 is 0 Å². The number of hydrogen-bond acceptors (Lipinski definition) is 5. The summed E-state index contributed by atoms with van der Waals surface area (Å²) in [4.78, 5) is 29.0. The average molecular weight is 499 g/mol. The summed E-state index contributed by atoms with van der Waals surface area (Å²) >= 11 is 0. The van der Waals surface area contributed by atoms with Crippen LogP contribution in [0.5, 0.6) is 5.75 Å². The number of hydrogen-bond donors (Lipinski definition) is 0. The van der Waals surface area contributed by atoms with Crippen molar-refractivity contribution in [1.82, 2.24) is 9.80 Å². The molecule has 3 aromatic carbocycles. The van der Waals surface area contributed by atoms with Crippen molar-refractivity contribution in [1.29, 1.82) is 0 Å². The molecule has 6 nitrogen and oxygen atoms in total. The van der Waals surface area contributed by atoms with Crippen LogP contribution in [0.3, 0.4) is 0 Å². The van der Waals surface area contributed by atoms with Crippen molar-refractivity contribution >= 4 is 11.7 Å². The molecule has 1 saturated heterocycles. The maximum atomic E-state index is 13.2. The van der Waals surface area contributed by atoms with Crippen molar-refractivity contribution in [2.45, 2.75) is 45.6 Å². The molecule has 0 aliphatic carbocycles. The fourth-order valence-electron chi connectivity index (χ4n) is 5.03. The van der Waals surface area contributed by atoms with E-state index in [4.69, 9.17) is 9.47 Å². The van der Waals surface area contributed by atoms with Gasteiger partial charge >= 0.3 is 0 Å². The second kappa shape index (κ2) is 11.7. The number of ketones is 1. The van der Waals surface area contributed by atoms with E-state index in [9.17, 15) is 9.59 Å². The first-order valence-corrected chi connectivity index (χ1v) is 13.1. The summed E-state index contributed by atoms with van der Waals surface area (Å²) in [7, 11) is 0. The summed E-state index contributed by atoms with van der Waals surface area (Å²) in [5.74, 6) is 0.793. The maximum absolute atomic E-state index is 13.2. The van der Waals surface area contributed by atoms with Gasteiger partial charge in [0.15, 0.2) is 5.78 Å². The Balaban J connectivity index is 1.17. The highest BCUT2D eigenvalue weighted by atomic mass is 16.5. The molecule has 0 atom stereocenters. The summed E-state index contributed by atoms with van der Waals surface area (Å²) in [5.41, 5.74) is 4.67. The Morgan fingerprint density at radius 1 is 0.892 bits per heavy atom. The quantitative estimate of drug-likeness (QED) is 0.424. The van der Waals surface area contributed by atoms with Crippen molar-refractivity contribution in [3.8, 4) is 5.75 Å². The predicted molar refractivity (Wildman–Crippen MR) is 143 cm³/mol. The molecule has 0 aromatic heterocycles. The zero-order valence-corrected chi connectivity index (χ0v) is 21.4. The van der Waals surface area contributed by atoms with Crippen LogP contribution in [0.15, 0.2) is 72.8 Å². The summed E-state index contributed by atoms with van der Waals surface area (Å²) in [6.45, 7) is 6.58. The van der Waals surface area contributed by atoms with Crippen LogP contribution in [0.1, 0.15) is 57.2 Å². The Morgan fingerprint density at radius 2 is 1.62 bits per heavy atom. The molecule has 1 amide bonds. The number of rotatable bonds is 7. The molecule has 37 heavy (non-hydrogen) atoms. The van der Waals surface area contributed by atoms with E-state index >= 15 is 0 Å². The van der Waals surface area contributed by atoms with Gasteiger partial charge in [0, 0.05) is 42.9 Å². The van der Waals surface area contributed by atoms with E-state index in [1.165, 1.54) is 18.1 Å². The predicted octanol–water partition coefficient (Wildman–Crippen LogP) is 5.11. The van der Waals surface area contributed by atoms with E-state index in [0.29, 0.717) is 43.5 Å². The van der Waals surface area contributed by atoms with Gasteiger partial charge in [-0.15, -0.1) is 0 Å². The van der Waals surface area contributed by atoms with Gasteiger partial charge in [-0.05, 0) is 55.2 Å². The monoisotopic (exact) mass is 498 g/mol. The first-order chi connectivity index (χ1) is 18.0. The van der Waals surface area contributed by atoms with Crippen LogP contribution in [0.25, 0.3) is 0 Å². The van der Waals surface area contributed by atoms with Gasteiger partial charge in [-0.2, -0.15) is 0 Å². The highest BCUT2D eigenvalue weighted by Gasteiger charge is 2.23. The zero-order valence-electron chi connectivity index (χ0n) is 21.4. The lowest BCUT2D eigenvalue weighted by Gasteiger charge is -2.32. The Kier molecular flexibility index (Phi) is 7.97. The Hall–Kier alpha value is -3.48. The van der Waals surface area contributed by atoms with Crippen molar-refractivity contribution in [2.24, 2.45) is 0 Å². The molecule has 2 heterocycles. The lowest BCUT2D eigenvalue weighted by Crippen LogP contribution is -2.36. The number of carbonyl (C=O) groups is 2. The van der Waals surface area contributed by atoms with Crippen LogP contribution < -0.4 is 4.74 Å². The number of nitrogens with zero attached hydrogens (tertiary/aromatic N) is 2. The summed E-state index contributed by atoms with van der Waals surface area (Å²) in [6.07, 6.45) is 2.37. The minimum atomic E-state index is -0.0467. The van der Waals surface area contributed by atoms with Crippen LogP contribution in [0, 0.1) is 0 Å². The summed E-state index contributed by atoms with van der Waals surface area (Å²) in [6, 6.07) is 23.6. The summed E-state index contributed by atoms with van der Waals surface area (Å²) in [5, 5.41) is 0.